The van der Waals surface area contributed by atoms with Crippen molar-refractivity contribution in [3.8, 4) is 5.75 Å². The SMILES string of the molecule is Nc1cccc(CCCOc2cc(Cl)ccc2[N+](=O)[O-])c1. The van der Waals surface area contributed by atoms with Crippen LogP contribution in [0, 0.1) is 10.1 Å². The number of benzene rings is 2. The molecule has 0 radical (unpaired) electrons. The Morgan fingerprint density at radius 2 is 2.05 bits per heavy atom. The summed E-state index contributed by atoms with van der Waals surface area (Å²) < 4.78 is 5.47. The highest BCUT2D eigenvalue weighted by Gasteiger charge is 2.15. The molecule has 0 aliphatic carbocycles. The van der Waals surface area contributed by atoms with E-state index < -0.39 is 4.92 Å². The summed E-state index contributed by atoms with van der Waals surface area (Å²) in [5.41, 5.74) is 7.45. The number of nitrogen functional groups attached to an aromatic ring is 1. The maximum absolute atomic E-state index is 10.9. The third kappa shape index (κ3) is 4.36. The molecule has 0 spiro atoms. The van der Waals surface area contributed by atoms with Gasteiger partial charge in [-0.2, -0.15) is 0 Å². The molecule has 0 aromatic heterocycles. The summed E-state index contributed by atoms with van der Waals surface area (Å²) in [5, 5.41) is 11.3. The molecule has 0 unspecified atom stereocenters. The molecular weight excluding hydrogens is 292 g/mol. The number of aryl methyl sites for hydroxylation is 1. The molecule has 6 heteroatoms. The van der Waals surface area contributed by atoms with E-state index in [1.54, 1.807) is 0 Å². The summed E-state index contributed by atoms with van der Waals surface area (Å²) >= 11 is 5.83. The zero-order valence-corrected chi connectivity index (χ0v) is 12.0. The molecule has 0 saturated carbocycles. The van der Waals surface area contributed by atoms with Crippen LogP contribution in [0.5, 0.6) is 5.75 Å². The molecule has 21 heavy (non-hydrogen) atoms. The minimum atomic E-state index is -0.483. The second-order valence-corrected chi connectivity index (χ2v) is 5.00. The van der Waals surface area contributed by atoms with Crippen LogP contribution in [-0.2, 0) is 6.42 Å². The molecule has 5 nitrogen and oxygen atoms in total. The fourth-order valence-corrected chi connectivity index (χ4v) is 2.12. The van der Waals surface area contributed by atoms with Crippen LogP contribution in [0.2, 0.25) is 5.02 Å². The summed E-state index contributed by atoms with van der Waals surface area (Å²) in [6.07, 6.45) is 1.52. The smallest absolute Gasteiger partial charge is 0.311 e. The molecule has 2 aromatic rings. The van der Waals surface area contributed by atoms with E-state index in [9.17, 15) is 10.1 Å². The predicted octanol–water partition coefficient (Wildman–Crippen LogP) is 3.84. The normalized spacial score (nSPS) is 10.3. The van der Waals surface area contributed by atoms with E-state index in [2.05, 4.69) is 0 Å². The van der Waals surface area contributed by atoms with Gasteiger partial charge < -0.3 is 10.5 Å². The Morgan fingerprint density at radius 1 is 1.24 bits per heavy atom. The summed E-state index contributed by atoms with van der Waals surface area (Å²) in [6.45, 7) is 0.371. The fraction of sp³-hybridized carbons (Fsp3) is 0.200. The van der Waals surface area contributed by atoms with Crippen LogP contribution in [0.3, 0.4) is 0 Å². The van der Waals surface area contributed by atoms with Gasteiger partial charge in [0, 0.05) is 22.8 Å². The van der Waals surface area contributed by atoms with Crippen LogP contribution in [0.4, 0.5) is 11.4 Å². The molecule has 2 aromatic carbocycles. The van der Waals surface area contributed by atoms with Crippen molar-refractivity contribution in [3.63, 3.8) is 0 Å². The first-order chi connectivity index (χ1) is 10.1. The van der Waals surface area contributed by atoms with Crippen molar-refractivity contribution in [3.05, 3.63) is 63.2 Å². The van der Waals surface area contributed by atoms with Crippen LogP contribution in [-0.4, -0.2) is 11.5 Å². The van der Waals surface area contributed by atoms with Gasteiger partial charge in [0.05, 0.1) is 11.5 Å². The maximum Gasteiger partial charge on any atom is 0.311 e. The zero-order chi connectivity index (χ0) is 15.2. The number of halogens is 1. The Kier molecular flexibility index (Phi) is 5.00. The number of nitro benzene ring substituents is 1. The summed E-state index contributed by atoms with van der Waals surface area (Å²) in [6, 6.07) is 11.9. The van der Waals surface area contributed by atoms with E-state index in [1.165, 1.54) is 18.2 Å². The number of rotatable bonds is 6. The Labute approximate surface area is 127 Å². The van der Waals surface area contributed by atoms with Crippen LogP contribution in [0.1, 0.15) is 12.0 Å². The van der Waals surface area contributed by atoms with Gasteiger partial charge in [-0.25, -0.2) is 0 Å². The first-order valence-corrected chi connectivity index (χ1v) is 6.85. The number of ether oxygens (including phenoxy) is 1. The van der Waals surface area contributed by atoms with Gasteiger partial charge in [-0.3, -0.25) is 10.1 Å². The third-order valence-corrected chi connectivity index (χ3v) is 3.17. The van der Waals surface area contributed by atoms with E-state index in [4.69, 9.17) is 22.1 Å². The molecule has 0 aliphatic heterocycles. The quantitative estimate of drug-likeness (QED) is 0.380. The number of nitrogens with two attached hydrogens (primary N) is 1. The van der Waals surface area contributed by atoms with Gasteiger partial charge >= 0.3 is 5.69 Å². The molecule has 0 atom stereocenters. The van der Waals surface area contributed by atoms with Crippen molar-refractivity contribution in [2.75, 3.05) is 12.3 Å². The summed E-state index contributed by atoms with van der Waals surface area (Å²) in [7, 11) is 0. The number of nitrogens with zero attached hydrogens (tertiary/aromatic N) is 1. The van der Waals surface area contributed by atoms with E-state index >= 15 is 0 Å². The highest BCUT2D eigenvalue weighted by atomic mass is 35.5. The largest absolute Gasteiger partial charge is 0.487 e. The lowest BCUT2D eigenvalue weighted by molar-refractivity contribution is -0.385. The van der Waals surface area contributed by atoms with Gasteiger partial charge in [-0.1, -0.05) is 23.7 Å². The zero-order valence-electron chi connectivity index (χ0n) is 11.3. The van der Waals surface area contributed by atoms with E-state index in [0.29, 0.717) is 11.6 Å². The van der Waals surface area contributed by atoms with Crippen molar-refractivity contribution < 1.29 is 9.66 Å². The first kappa shape index (κ1) is 15.1. The van der Waals surface area contributed by atoms with Crippen molar-refractivity contribution in [2.45, 2.75) is 12.8 Å². The second-order valence-electron chi connectivity index (χ2n) is 4.57. The van der Waals surface area contributed by atoms with Crippen LogP contribution in [0.15, 0.2) is 42.5 Å². The van der Waals surface area contributed by atoms with E-state index in [0.717, 1.165) is 24.1 Å². The molecule has 0 heterocycles. The Bertz CT molecular complexity index is 647. The molecule has 0 amide bonds. The Hall–Kier alpha value is -2.27. The van der Waals surface area contributed by atoms with E-state index in [-0.39, 0.29) is 11.4 Å². The lowest BCUT2D eigenvalue weighted by atomic mass is 10.1. The second kappa shape index (κ2) is 6.95. The predicted molar refractivity (Wildman–Crippen MR) is 82.8 cm³/mol. The molecule has 2 rings (SSSR count). The fourth-order valence-electron chi connectivity index (χ4n) is 1.96. The minimum absolute atomic E-state index is 0.0802. The number of hydrogen-bond acceptors (Lipinski definition) is 4. The average Bonchev–Trinajstić information content (AvgIpc) is 2.43. The highest BCUT2D eigenvalue weighted by Crippen LogP contribution is 2.30. The van der Waals surface area contributed by atoms with Crippen LogP contribution in [0.25, 0.3) is 0 Å². The van der Waals surface area contributed by atoms with Crippen LogP contribution >= 0.6 is 11.6 Å². The van der Waals surface area contributed by atoms with Crippen LogP contribution < -0.4 is 10.5 Å². The molecule has 0 saturated heterocycles. The van der Waals surface area contributed by atoms with Gasteiger partial charge in [0.1, 0.15) is 0 Å². The number of nitro groups is 1. The molecule has 0 aliphatic rings. The summed E-state index contributed by atoms with van der Waals surface area (Å²) in [4.78, 5) is 10.4. The monoisotopic (exact) mass is 306 g/mol. The summed E-state index contributed by atoms with van der Waals surface area (Å²) in [5.74, 6) is 0.195. The van der Waals surface area contributed by atoms with Gasteiger partial charge in [-0.15, -0.1) is 0 Å². The average molecular weight is 307 g/mol. The number of anilines is 1. The Morgan fingerprint density at radius 3 is 2.76 bits per heavy atom. The maximum atomic E-state index is 10.9. The lowest BCUT2D eigenvalue weighted by Crippen LogP contribution is -2.02. The number of hydrogen-bond donors (Lipinski definition) is 1. The third-order valence-electron chi connectivity index (χ3n) is 2.94. The first-order valence-electron chi connectivity index (χ1n) is 6.47. The topological polar surface area (TPSA) is 78.4 Å². The molecular formula is C15H15ClN2O3. The highest BCUT2D eigenvalue weighted by molar-refractivity contribution is 6.30. The molecule has 110 valence electrons. The van der Waals surface area contributed by atoms with Crippen molar-refractivity contribution in [1.82, 2.24) is 0 Å². The van der Waals surface area contributed by atoms with Crippen molar-refractivity contribution in [2.24, 2.45) is 0 Å². The van der Waals surface area contributed by atoms with Gasteiger partial charge in [-0.05, 0) is 36.6 Å². The molecule has 0 bridgehead atoms. The van der Waals surface area contributed by atoms with Crippen molar-refractivity contribution >= 4 is 23.0 Å². The minimum Gasteiger partial charge on any atom is -0.487 e. The van der Waals surface area contributed by atoms with E-state index in [1.807, 2.05) is 24.3 Å². The van der Waals surface area contributed by atoms with Gasteiger partial charge in [0.15, 0.2) is 5.75 Å². The van der Waals surface area contributed by atoms with Crippen molar-refractivity contribution in [1.29, 1.82) is 0 Å². The Balaban J connectivity index is 1.91. The standard InChI is InChI=1S/C15H15ClN2O3/c16-12-6-7-14(18(19)20)15(10-12)21-8-2-4-11-3-1-5-13(17)9-11/h1,3,5-7,9-10H,2,4,8,17H2. The van der Waals surface area contributed by atoms with Gasteiger partial charge in [0.25, 0.3) is 0 Å². The van der Waals surface area contributed by atoms with Gasteiger partial charge in [0.2, 0.25) is 0 Å². The molecule has 0 fully saturated rings. The lowest BCUT2D eigenvalue weighted by Gasteiger charge is -2.07. The molecule has 2 N–H and O–H groups in total.